The summed E-state index contributed by atoms with van der Waals surface area (Å²) in [6, 6.07) is 32.2. The van der Waals surface area contributed by atoms with Crippen molar-refractivity contribution in [2.24, 2.45) is 0 Å². The molecule has 5 aromatic carbocycles. The van der Waals surface area contributed by atoms with Crippen molar-refractivity contribution in [2.75, 3.05) is 4.90 Å². The second-order valence-corrected chi connectivity index (χ2v) is 10.1. The third-order valence-corrected chi connectivity index (χ3v) is 7.21. The number of fused-ring (bicyclic) bond motifs is 1. The van der Waals surface area contributed by atoms with Crippen LogP contribution in [0.5, 0.6) is 11.5 Å². The molecule has 0 atom stereocenters. The van der Waals surface area contributed by atoms with Crippen LogP contribution in [0.25, 0.3) is 16.8 Å². The fourth-order valence-corrected chi connectivity index (χ4v) is 4.89. The van der Waals surface area contributed by atoms with Crippen molar-refractivity contribution < 1.29 is 28.8 Å². The van der Waals surface area contributed by atoms with E-state index in [0.717, 1.165) is 21.2 Å². The highest BCUT2D eigenvalue weighted by Gasteiger charge is 2.37. The highest BCUT2D eigenvalue weighted by Crippen LogP contribution is 2.33. The Labute approximate surface area is 257 Å². The summed E-state index contributed by atoms with van der Waals surface area (Å²) in [5, 5.41) is 14.8. The number of nitro groups is 1. The number of carbonyl (C=O) groups excluding carboxylic acids is 3. The lowest BCUT2D eigenvalue weighted by Gasteiger charge is -2.26. The molecular formula is C35H25N3O7. The van der Waals surface area contributed by atoms with Gasteiger partial charge in [0, 0.05) is 17.7 Å². The zero-order valence-corrected chi connectivity index (χ0v) is 23.7. The molecule has 0 spiro atoms. The lowest BCUT2D eigenvalue weighted by atomic mass is 9.99. The number of benzene rings is 5. The Bertz CT molecular complexity index is 1950. The van der Waals surface area contributed by atoms with E-state index in [1.807, 2.05) is 60.7 Å². The third-order valence-electron chi connectivity index (χ3n) is 7.21. The van der Waals surface area contributed by atoms with Gasteiger partial charge in [0.1, 0.15) is 30.3 Å². The van der Waals surface area contributed by atoms with Crippen molar-refractivity contribution in [3.05, 3.63) is 148 Å². The number of nitro benzene ring substituents is 1. The summed E-state index contributed by atoms with van der Waals surface area (Å²) < 4.78 is 11.9. The molecule has 0 aliphatic carbocycles. The fourth-order valence-electron chi connectivity index (χ4n) is 4.89. The predicted octanol–water partition coefficient (Wildman–Crippen LogP) is 6.57. The molecule has 222 valence electrons. The first-order valence-electron chi connectivity index (χ1n) is 13.9. The molecule has 0 unspecified atom stereocenters. The molecule has 1 aliphatic heterocycles. The molecule has 0 radical (unpaired) electrons. The van der Waals surface area contributed by atoms with E-state index in [-0.39, 0.29) is 23.6 Å². The Morgan fingerprint density at radius 2 is 1.40 bits per heavy atom. The van der Waals surface area contributed by atoms with E-state index in [4.69, 9.17) is 9.47 Å². The van der Waals surface area contributed by atoms with Crippen LogP contribution in [0.1, 0.15) is 16.7 Å². The lowest BCUT2D eigenvalue weighted by Crippen LogP contribution is -2.54. The largest absolute Gasteiger partial charge is 0.489 e. The Hall–Kier alpha value is -6.29. The normalized spacial score (nSPS) is 14.0. The van der Waals surface area contributed by atoms with E-state index in [1.54, 1.807) is 42.5 Å². The molecule has 1 saturated heterocycles. The smallest absolute Gasteiger partial charge is 0.335 e. The van der Waals surface area contributed by atoms with Crippen molar-refractivity contribution in [3.63, 3.8) is 0 Å². The molecule has 1 N–H and O–H groups in total. The average molecular weight is 600 g/mol. The molecule has 4 amide bonds. The molecule has 45 heavy (non-hydrogen) atoms. The summed E-state index contributed by atoms with van der Waals surface area (Å²) in [4.78, 5) is 51.0. The molecule has 0 saturated carbocycles. The number of carbonyl (C=O) groups is 3. The van der Waals surface area contributed by atoms with E-state index in [2.05, 4.69) is 5.32 Å². The zero-order valence-electron chi connectivity index (χ0n) is 23.7. The van der Waals surface area contributed by atoms with Crippen molar-refractivity contribution >= 4 is 46.1 Å². The van der Waals surface area contributed by atoms with Crippen LogP contribution in [-0.2, 0) is 22.8 Å². The first kappa shape index (κ1) is 28.8. The minimum atomic E-state index is -0.868. The van der Waals surface area contributed by atoms with Gasteiger partial charge < -0.3 is 9.47 Å². The Morgan fingerprint density at radius 3 is 2.13 bits per heavy atom. The van der Waals surface area contributed by atoms with Gasteiger partial charge in [-0.1, -0.05) is 60.7 Å². The number of imide groups is 2. The van der Waals surface area contributed by atoms with Crippen LogP contribution in [0.3, 0.4) is 0 Å². The number of urea groups is 1. The van der Waals surface area contributed by atoms with Crippen LogP contribution >= 0.6 is 0 Å². The number of ether oxygens (including phenoxy) is 2. The van der Waals surface area contributed by atoms with Crippen LogP contribution in [0.4, 0.5) is 16.2 Å². The average Bonchev–Trinajstić information content (AvgIpc) is 3.06. The second-order valence-electron chi connectivity index (χ2n) is 10.1. The topological polar surface area (TPSA) is 128 Å². The summed E-state index contributed by atoms with van der Waals surface area (Å²) in [5.74, 6) is -0.706. The van der Waals surface area contributed by atoms with Gasteiger partial charge in [0.05, 0.1) is 10.6 Å². The molecule has 6 rings (SSSR count). The minimum absolute atomic E-state index is 0.0369. The van der Waals surface area contributed by atoms with Gasteiger partial charge in [0.25, 0.3) is 17.5 Å². The van der Waals surface area contributed by atoms with E-state index in [0.29, 0.717) is 29.2 Å². The highest BCUT2D eigenvalue weighted by atomic mass is 16.6. The Morgan fingerprint density at radius 1 is 0.733 bits per heavy atom. The van der Waals surface area contributed by atoms with Crippen molar-refractivity contribution in [1.29, 1.82) is 0 Å². The number of rotatable bonds is 9. The maximum atomic E-state index is 13.7. The van der Waals surface area contributed by atoms with Crippen LogP contribution in [0, 0.1) is 10.1 Å². The second kappa shape index (κ2) is 12.5. The van der Waals surface area contributed by atoms with E-state index in [9.17, 15) is 24.5 Å². The van der Waals surface area contributed by atoms with Crippen molar-refractivity contribution in [2.45, 2.75) is 13.2 Å². The quantitative estimate of drug-likeness (QED) is 0.0878. The van der Waals surface area contributed by atoms with Gasteiger partial charge >= 0.3 is 6.03 Å². The predicted molar refractivity (Wildman–Crippen MR) is 168 cm³/mol. The minimum Gasteiger partial charge on any atom is -0.489 e. The molecule has 0 aromatic heterocycles. The molecule has 1 heterocycles. The molecular weight excluding hydrogens is 574 g/mol. The van der Waals surface area contributed by atoms with E-state index < -0.39 is 22.8 Å². The summed E-state index contributed by atoms with van der Waals surface area (Å²) >= 11 is 0. The Kier molecular flexibility index (Phi) is 8.02. The number of non-ortho nitro benzene ring substituents is 1. The van der Waals surface area contributed by atoms with Gasteiger partial charge in [-0.25, -0.2) is 9.69 Å². The first-order chi connectivity index (χ1) is 21.9. The van der Waals surface area contributed by atoms with Gasteiger partial charge in [-0.2, -0.15) is 0 Å². The third kappa shape index (κ3) is 6.25. The summed E-state index contributed by atoms with van der Waals surface area (Å²) in [6.07, 6.45) is 1.42. The van der Waals surface area contributed by atoms with Gasteiger partial charge in [-0.05, 0) is 70.4 Å². The summed E-state index contributed by atoms with van der Waals surface area (Å²) in [6.45, 7) is 0.431. The summed E-state index contributed by atoms with van der Waals surface area (Å²) in [5.41, 5.74) is 2.11. The van der Waals surface area contributed by atoms with Gasteiger partial charge in [0.15, 0.2) is 0 Å². The molecule has 10 heteroatoms. The van der Waals surface area contributed by atoms with Crippen LogP contribution < -0.4 is 19.7 Å². The van der Waals surface area contributed by atoms with Crippen LogP contribution in [0.15, 0.2) is 121 Å². The number of barbiturate groups is 1. The summed E-state index contributed by atoms with van der Waals surface area (Å²) in [7, 11) is 0. The maximum absolute atomic E-state index is 13.7. The molecule has 5 aromatic rings. The SMILES string of the molecule is O=C1NC(=O)N(c2ccc(OCc3ccccc3)cc2)C(=O)/C1=C/c1c(OCc2ccc([N+](=O)[O-])cc2)ccc2ccccc12. The van der Waals surface area contributed by atoms with E-state index >= 15 is 0 Å². The van der Waals surface area contributed by atoms with Gasteiger partial charge in [0.2, 0.25) is 0 Å². The number of hydrogen-bond acceptors (Lipinski definition) is 7. The Balaban J connectivity index is 1.29. The first-order valence-corrected chi connectivity index (χ1v) is 13.9. The number of nitrogens with one attached hydrogen (secondary N) is 1. The molecule has 0 bridgehead atoms. The van der Waals surface area contributed by atoms with Crippen LogP contribution in [-0.4, -0.2) is 22.8 Å². The van der Waals surface area contributed by atoms with Crippen LogP contribution in [0.2, 0.25) is 0 Å². The van der Waals surface area contributed by atoms with Crippen molar-refractivity contribution in [3.8, 4) is 11.5 Å². The fraction of sp³-hybridized carbons (Fsp3) is 0.0571. The molecule has 1 aliphatic rings. The molecule has 1 fully saturated rings. The molecule has 10 nitrogen and oxygen atoms in total. The van der Waals surface area contributed by atoms with Gasteiger partial charge in [-0.15, -0.1) is 0 Å². The van der Waals surface area contributed by atoms with E-state index in [1.165, 1.54) is 18.2 Å². The number of anilines is 1. The monoisotopic (exact) mass is 599 g/mol. The maximum Gasteiger partial charge on any atom is 0.335 e. The number of amides is 4. The lowest BCUT2D eigenvalue weighted by molar-refractivity contribution is -0.384. The highest BCUT2D eigenvalue weighted by molar-refractivity contribution is 6.39. The zero-order chi connectivity index (χ0) is 31.3. The standard InChI is InChI=1S/C35H25N3O7/c39-33-31(34(40)37(35(41)36-33)26-15-17-28(18-16-26)44-21-23-6-2-1-3-7-23)20-30-29-9-5-4-8-25(29)12-19-32(30)45-22-24-10-13-27(14-11-24)38(42)43/h1-20H,21-22H2,(H,36,39,41)/b31-20+. The van der Waals surface area contributed by atoms with Crippen molar-refractivity contribution in [1.82, 2.24) is 5.32 Å². The number of nitrogens with zero attached hydrogens (tertiary/aromatic N) is 2. The van der Waals surface area contributed by atoms with Gasteiger partial charge in [-0.3, -0.25) is 25.0 Å². The number of hydrogen-bond donors (Lipinski definition) is 1.